The average Bonchev–Trinajstić information content (AvgIpc) is 3.21. The summed E-state index contributed by atoms with van der Waals surface area (Å²) in [4.78, 5) is 11.4. The van der Waals surface area contributed by atoms with Crippen LogP contribution in [-0.4, -0.2) is 21.1 Å². The van der Waals surface area contributed by atoms with Gasteiger partial charge in [0, 0.05) is 30.9 Å². The smallest absolute Gasteiger partial charge is 0.231 e. The second-order valence-corrected chi connectivity index (χ2v) is 6.60. The van der Waals surface area contributed by atoms with Crippen LogP contribution in [0.3, 0.4) is 0 Å². The molecule has 2 heterocycles. The highest BCUT2D eigenvalue weighted by Crippen LogP contribution is 2.27. The number of nitrogens with zero attached hydrogens (tertiary/aromatic N) is 3. The van der Waals surface area contributed by atoms with Crippen molar-refractivity contribution in [2.75, 3.05) is 10.2 Å². The summed E-state index contributed by atoms with van der Waals surface area (Å²) in [7, 11) is 0. The molecule has 2 aromatic rings. The van der Waals surface area contributed by atoms with Crippen molar-refractivity contribution in [1.29, 1.82) is 0 Å². The van der Waals surface area contributed by atoms with Gasteiger partial charge in [0.1, 0.15) is 5.82 Å². The molecule has 1 fully saturated rings. The molecule has 2 N–H and O–H groups in total. The number of aryl methyl sites for hydroxylation is 1. The van der Waals surface area contributed by atoms with E-state index in [9.17, 15) is 0 Å². The number of hydrogen-bond donors (Lipinski definition) is 2. The zero-order valence-electron chi connectivity index (χ0n) is 13.0. The number of anilines is 2. The van der Waals surface area contributed by atoms with E-state index >= 15 is 0 Å². The lowest BCUT2D eigenvalue weighted by atomic mass is 10.1. The maximum Gasteiger partial charge on any atom is 0.231 e. The van der Waals surface area contributed by atoms with Crippen molar-refractivity contribution in [3.8, 4) is 0 Å². The van der Waals surface area contributed by atoms with Crippen molar-refractivity contribution in [2.45, 2.75) is 38.9 Å². The summed E-state index contributed by atoms with van der Waals surface area (Å²) in [5.74, 6) is 1.50. The molecule has 5 nitrogen and oxygen atoms in total. The van der Waals surface area contributed by atoms with Crippen LogP contribution in [0.15, 0.2) is 30.3 Å². The van der Waals surface area contributed by atoms with Gasteiger partial charge >= 0.3 is 0 Å². The summed E-state index contributed by atoms with van der Waals surface area (Å²) < 4.78 is 0. The minimum Gasteiger partial charge on any atom is -0.360 e. The molecule has 1 aliphatic heterocycles. The number of hydrogen-bond acceptors (Lipinski definition) is 4. The molecule has 1 aromatic heterocycles. The number of thiocarbonyl (C=S) groups is 1. The maximum absolute atomic E-state index is 5.31. The number of fused-ring (bicyclic) bond motifs is 1. The van der Waals surface area contributed by atoms with E-state index < -0.39 is 0 Å². The molecule has 6 heteroatoms. The van der Waals surface area contributed by atoms with E-state index in [1.165, 1.54) is 24.0 Å². The zero-order chi connectivity index (χ0) is 15.8. The van der Waals surface area contributed by atoms with Crippen LogP contribution >= 0.6 is 12.2 Å². The number of aromatic nitrogens is 2. The Morgan fingerprint density at radius 2 is 1.87 bits per heavy atom. The Morgan fingerprint density at radius 1 is 1.17 bits per heavy atom. The molecule has 0 bridgehead atoms. The van der Waals surface area contributed by atoms with Gasteiger partial charge in [-0.05, 0) is 43.1 Å². The molecule has 1 aromatic carbocycles. The average molecular weight is 325 g/mol. The predicted molar refractivity (Wildman–Crippen MR) is 95.5 cm³/mol. The Morgan fingerprint density at radius 3 is 2.52 bits per heavy atom. The van der Waals surface area contributed by atoms with Crippen LogP contribution in [0.5, 0.6) is 0 Å². The van der Waals surface area contributed by atoms with E-state index in [1.54, 1.807) is 0 Å². The molecule has 0 saturated heterocycles. The van der Waals surface area contributed by atoms with Crippen LogP contribution in [0.25, 0.3) is 0 Å². The van der Waals surface area contributed by atoms with Gasteiger partial charge in [-0.1, -0.05) is 24.3 Å². The first-order valence-electron chi connectivity index (χ1n) is 7.92. The van der Waals surface area contributed by atoms with Crippen molar-refractivity contribution in [3.05, 3.63) is 47.2 Å². The van der Waals surface area contributed by atoms with Gasteiger partial charge in [-0.25, -0.2) is 4.98 Å². The predicted octanol–water partition coefficient (Wildman–Crippen LogP) is 2.75. The molecular formula is C17H19N5S. The number of benzene rings is 1. The topological polar surface area (TPSA) is 53.1 Å². The van der Waals surface area contributed by atoms with Gasteiger partial charge in [-0.15, -0.1) is 0 Å². The molecule has 0 atom stereocenters. The standard InChI is InChI=1S/C17H19N5S/c1-11-8-15(22-9-12-4-2-3-5-13(12)10-22)20-16(18-11)21-17(23)19-14-6-7-14/h2-5,8,14H,6-7,9-10H2,1H3,(H2,18,19,20,21,23). The van der Waals surface area contributed by atoms with Crippen molar-refractivity contribution in [2.24, 2.45) is 0 Å². The third-order valence-electron chi connectivity index (χ3n) is 4.14. The van der Waals surface area contributed by atoms with E-state index in [-0.39, 0.29) is 0 Å². The lowest BCUT2D eigenvalue weighted by Crippen LogP contribution is -2.31. The highest BCUT2D eigenvalue weighted by molar-refractivity contribution is 7.80. The zero-order valence-corrected chi connectivity index (χ0v) is 13.9. The largest absolute Gasteiger partial charge is 0.360 e. The molecule has 0 spiro atoms. The Balaban J connectivity index is 1.52. The van der Waals surface area contributed by atoms with Crippen LogP contribution in [0.2, 0.25) is 0 Å². The van der Waals surface area contributed by atoms with Crippen LogP contribution in [0.1, 0.15) is 29.7 Å². The Labute approximate surface area is 141 Å². The third kappa shape index (κ3) is 3.27. The van der Waals surface area contributed by atoms with Gasteiger partial charge in [0.05, 0.1) is 0 Å². The molecule has 118 valence electrons. The summed E-state index contributed by atoms with van der Waals surface area (Å²) in [6.45, 7) is 3.75. The summed E-state index contributed by atoms with van der Waals surface area (Å²) in [6.07, 6.45) is 2.38. The fourth-order valence-electron chi connectivity index (χ4n) is 2.82. The van der Waals surface area contributed by atoms with Crippen LogP contribution < -0.4 is 15.5 Å². The number of nitrogens with one attached hydrogen (secondary N) is 2. The molecular weight excluding hydrogens is 306 g/mol. The minimum atomic E-state index is 0.521. The van der Waals surface area contributed by atoms with E-state index in [0.717, 1.165) is 24.6 Å². The van der Waals surface area contributed by atoms with Gasteiger partial charge in [-0.2, -0.15) is 4.98 Å². The Kier molecular flexibility index (Phi) is 3.61. The van der Waals surface area contributed by atoms with Crippen LogP contribution in [0.4, 0.5) is 11.8 Å². The van der Waals surface area contributed by atoms with Crippen molar-refractivity contribution >= 4 is 29.1 Å². The maximum atomic E-state index is 5.31. The van der Waals surface area contributed by atoms with Crippen molar-refractivity contribution in [3.63, 3.8) is 0 Å². The van der Waals surface area contributed by atoms with Crippen molar-refractivity contribution < 1.29 is 0 Å². The fraction of sp³-hybridized carbons (Fsp3) is 0.353. The number of rotatable bonds is 3. The SMILES string of the molecule is Cc1cc(N2Cc3ccccc3C2)nc(NC(=S)NC2CC2)n1. The second kappa shape index (κ2) is 5.77. The van der Waals surface area contributed by atoms with Gasteiger partial charge < -0.3 is 15.5 Å². The van der Waals surface area contributed by atoms with Gasteiger partial charge in [-0.3, -0.25) is 0 Å². The molecule has 4 rings (SSSR count). The normalized spacial score (nSPS) is 16.1. The molecule has 0 radical (unpaired) electrons. The lowest BCUT2D eigenvalue weighted by molar-refractivity contribution is 0.849. The van der Waals surface area contributed by atoms with Crippen molar-refractivity contribution in [1.82, 2.24) is 15.3 Å². The molecule has 0 unspecified atom stereocenters. The summed E-state index contributed by atoms with van der Waals surface area (Å²) in [5, 5.41) is 6.97. The third-order valence-corrected chi connectivity index (χ3v) is 4.36. The first kappa shape index (κ1) is 14.4. The summed E-state index contributed by atoms with van der Waals surface area (Å²) in [6, 6.07) is 11.1. The second-order valence-electron chi connectivity index (χ2n) is 6.19. The highest BCUT2D eigenvalue weighted by atomic mass is 32.1. The molecule has 1 aliphatic carbocycles. The molecule has 1 saturated carbocycles. The van der Waals surface area contributed by atoms with Gasteiger partial charge in [0.25, 0.3) is 0 Å². The highest BCUT2D eigenvalue weighted by Gasteiger charge is 2.23. The monoisotopic (exact) mass is 325 g/mol. The Bertz CT molecular complexity index is 731. The molecule has 2 aliphatic rings. The van der Waals surface area contributed by atoms with E-state index in [2.05, 4.69) is 49.8 Å². The van der Waals surface area contributed by atoms with Gasteiger partial charge in [0.2, 0.25) is 5.95 Å². The molecule has 0 amide bonds. The van der Waals surface area contributed by atoms with E-state index in [4.69, 9.17) is 12.2 Å². The minimum absolute atomic E-state index is 0.521. The van der Waals surface area contributed by atoms with Gasteiger partial charge in [0.15, 0.2) is 5.11 Å². The van der Waals surface area contributed by atoms with E-state index in [0.29, 0.717) is 17.1 Å². The van der Waals surface area contributed by atoms with Crippen LogP contribution in [-0.2, 0) is 13.1 Å². The fourth-order valence-corrected chi connectivity index (χ4v) is 3.07. The molecule has 23 heavy (non-hydrogen) atoms. The summed E-state index contributed by atoms with van der Waals surface area (Å²) in [5.41, 5.74) is 3.66. The van der Waals surface area contributed by atoms with E-state index in [1.807, 2.05) is 13.0 Å². The first-order valence-corrected chi connectivity index (χ1v) is 8.33. The first-order chi connectivity index (χ1) is 11.2. The Hall–Kier alpha value is -2.21. The quantitative estimate of drug-likeness (QED) is 0.847. The lowest BCUT2D eigenvalue weighted by Gasteiger charge is -2.18. The summed E-state index contributed by atoms with van der Waals surface area (Å²) >= 11 is 5.31. The van der Waals surface area contributed by atoms with Crippen LogP contribution in [0, 0.1) is 6.92 Å².